The Bertz CT molecular complexity index is 308. The molecule has 4 nitrogen and oxygen atoms in total. The van der Waals surface area contributed by atoms with Gasteiger partial charge in [-0.05, 0) is 6.92 Å². The van der Waals surface area contributed by atoms with E-state index in [-0.39, 0.29) is 0 Å². The van der Waals surface area contributed by atoms with Gasteiger partial charge in [0.05, 0.1) is 12.3 Å². The van der Waals surface area contributed by atoms with Crippen LogP contribution in [0.4, 0.5) is 0 Å². The van der Waals surface area contributed by atoms with E-state index >= 15 is 0 Å². The number of hydrogen-bond donors (Lipinski definition) is 1. The zero-order valence-corrected chi connectivity index (χ0v) is 8.79. The van der Waals surface area contributed by atoms with Crippen LogP contribution in [0.3, 0.4) is 0 Å². The number of aryl methyl sites for hydroxylation is 1. The van der Waals surface area contributed by atoms with E-state index in [1.54, 1.807) is 0 Å². The quantitative estimate of drug-likeness (QED) is 0.769. The number of aromatic nitrogens is 2. The molecule has 0 amide bonds. The van der Waals surface area contributed by atoms with Gasteiger partial charge in [0.2, 0.25) is 0 Å². The lowest BCUT2D eigenvalue weighted by molar-refractivity contribution is 0.128. The molecule has 14 heavy (non-hydrogen) atoms. The molecule has 0 spiro atoms. The van der Waals surface area contributed by atoms with Gasteiger partial charge in [-0.15, -0.1) is 0 Å². The van der Waals surface area contributed by atoms with Crippen LogP contribution in [0, 0.1) is 0 Å². The molecule has 0 saturated heterocycles. The Labute approximate surface area is 84.3 Å². The average molecular weight is 195 g/mol. The van der Waals surface area contributed by atoms with E-state index in [4.69, 9.17) is 4.74 Å². The van der Waals surface area contributed by atoms with Gasteiger partial charge >= 0.3 is 0 Å². The number of hydrogen-bond acceptors (Lipinski definition) is 3. The van der Waals surface area contributed by atoms with Crippen LogP contribution in [-0.4, -0.2) is 29.5 Å². The van der Waals surface area contributed by atoms with Crippen molar-refractivity contribution in [2.45, 2.75) is 19.4 Å². The molecule has 78 valence electrons. The van der Waals surface area contributed by atoms with Crippen LogP contribution in [-0.2, 0) is 18.3 Å². The summed E-state index contributed by atoms with van der Waals surface area (Å²) in [5.74, 6) is 0.417. The normalized spacial score (nSPS) is 20.9. The van der Waals surface area contributed by atoms with Crippen molar-refractivity contribution >= 4 is 0 Å². The Balaban J connectivity index is 2.13. The summed E-state index contributed by atoms with van der Waals surface area (Å²) in [6, 6.07) is 0. The van der Waals surface area contributed by atoms with Crippen LogP contribution in [0.15, 0.2) is 6.20 Å². The number of rotatable bonds is 3. The average Bonchev–Trinajstić information content (AvgIpc) is 2.55. The molecule has 2 heterocycles. The van der Waals surface area contributed by atoms with Crippen molar-refractivity contribution in [2.75, 3.05) is 19.8 Å². The van der Waals surface area contributed by atoms with Gasteiger partial charge in [-0.3, -0.25) is 4.68 Å². The molecule has 1 aromatic heterocycles. The monoisotopic (exact) mass is 195 g/mol. The van der Waals surface area contributed by atoms with Gasteiger partial charge in [-0.25, -0.2) is 0 Å². The van der Waals surface area contributed by atoms with Crippen molar-refractivity contribution < 1.29 is 4.74 Å². The van der Waals surface area contributed by atoms with Crippen LogP contribution in [0.25, 0.3) is 0 Å². The fourth-order valence-electron chi connectivity index (χ4n) is 1.91. The molecule has 0 aromatic carbocycles. The fourth-order valence-corrected chi connectivity index (χ4v) is 1.91. The highest BCUT2D eigenvalue weighted by atomic mass is 16.5. The minimum absolute atomic E-state index is 0.417. The second-order valence-corrected chi connectivity index (χ2v) is 3.70. The third kappa shape index (κ3) is 1.81. The fraction of sp³-hybridized carbons (Fsp3) is 0.700. The maximum atomic E-state index is 5.45. The predicted octanol–water partition coefficient (Wildman–Crippen LogP) is 0.643. The summed E-state index contributed by atoms with van der Waals surface area (Å²) in [7, 11) is 1.97. The van der Waals surface area contributed by atoms with E-state index in [0.717, 1.165) is 26.3 Å². The molecule has 0 bridgehead atoms. The zero-order chi connectivity index (χ0) is 9.97. The van der Waals surface area contributed by atoms with E-state index in [1.165, 1.54) is 11.3 Å². The molecular formula is C10H17N3O. The van der Waals surface area contributed by atoms with E-state index in [9.17, 15) is 0 Å². The molecule has 4 heteroatoms. The maximum absolute atomic E-state index is 5.45. The maximum Gasteiger partial charge on any atom is 0.0736 e. The van der Waals surface area contributed by atoms with Crippen LogP contribution >= 0.6 is 0 Å². The third-order valence-electron chi connectivity index (χ3n) is 2.55. The van der Waals surface area contributed by atoms with Crippen molar-refractivity contribution in [1.82, 2.24) is 15.1 Å². The topological polar surface area (TPSA) is 39.1 Å². The molecule has 0 aliphatic carbocycles. The first kappa shape index (κ1) is 9.68. The second-order valence-electron chi connectivity index (χ2n) is 3.70. The van der Waals surface area contributed by atoms with Gasteiger partial charge < -0.3 is 10.1 Å². The van der Waals surface area contributed by atoms with Crippen LogP contribution in [0.1, 0.15) is 24.1 Å². The summed E-state index contributed by atoms with van der Waals surface area (Å²) < 4.78 is 7.34. The minimum Gasteiger partial charge on any atom is -0.381 e. The lowest BCUT2D eigenvalue weighted by Gasteiger charge is -2.21. The summed E-state index contributed by atoms with van der Waals surface area (Å²) in [6.45, 7) is 5.48. The van der Waals surface area contributed by atoms with E-state index < -0.39 is 0 Å². The van der Waals surface area contributed by atoms with Gasteiger partial charge in [-0.1, -0.05) is 0 Å². The Morgan fingerprint density at radius 3 is 3.36 bits per heavy atom. The molecule has 1 aliphatic rings. The lowest BCUT2D eigenvalue weighted by atomic mass is 9.99. The molecule has 2 rings (SSSR count). The third-order valence-corrected chi connectivity index (χ3v) is 2.55. The lowest BCUT2D eigenvalue weighted by Crippen LogP contribution is -2.30. The number of fused-ring (bicyclic) bond motifs is 1. The van der Waals surface area contributed by atoms with Crippen molar-refractivity contribution in [1.29, 1.82) is 0 Å². The summed E-state index contributed by atoms with van der Waals surface area (Å²) >= 11 is 0. The van der Waals surface area contributed by atoms with E-state index in [2.05, 4.69) is 16.6 Å². The van der Waals surface area contributed by atoms with Crippen LogP contribution in [0.5, 0.6) is 0 Å². The molecule has 1 aromatic rings. The Morgan fingerprint density at radius 2 is 2.57 bits per heavy atom. The molecule has 1 atom stereocenters. The van der Waals surface area contributed by atoms with Crippen LogP contribution < -0.4 is 5.32 Å². The summed E-state index contributed by atoms with van der Waals surface area (Å²) in [5, 5.41) is 7.86. The minimum atomic E-state index is 0.417. The number of nitrogens with zero attached hydrogens (tertiary/aromatic N) is 2. The number of ether oxygens (including phenoxy) is 1. The molecule has 0 radical (unpaired) electrons. The Hall–Kier alpha value is -0.870. The zero-order valence-electron chi connectivity index (χ0n) is 8.79. The smallest absolute Gasteiger partial charge is 0.0736 e. The number of nitrogens with one attached hydrogen (secondary N) is 1. The Morgan fingerprint density at radius 1 is 1.71 bits per heavy atom. The first-order chi connectivity index (χ1) is 6.81. The van der Waals surface area contributed by atoms with Gasteiger partial charge in [0.1, 0.15) is 0 Å². The van der Waals surface area contributed by atoms with Crippen molar-refractivity contribution in [3.05, 3.63) is 17.5 Å². The van der Waals surface area contributed by atoms with Gasteiger partial charge in [-0.2, -0.15) is 5.10 Å². The summed E-state index contributed by atoms with van der Waals surface area (Å²) in [5.41, 5.74) is 2.52. The van der Waals surface area contributed by atoms with E-state index in [1.807, 2.05) is 18.7 Å². The molecule has 0 fully saturated rings. The van der Waals surface area contributed by atoms with Crippen molar-refractivity contribution in [2.24, 2.45) is 7.05 Å². The predicted molar refractivity (Wildman–Crippen MR) is 54.1 cm³/mol. The van der Waals surface area contributed by atoms with Crippen molar-refractivity contribution in [3.63, 3.8) is 0 Å². The highest BCUT2D eigenvalue weighted by molar-refractivity contribution is 5.24. The first-order valence-corrected chi connectivity index (χ1v) is 5.12. The second kappa shape index (κ2) is 4.11. The molecular weight excluding hydrogens is 178 g/mol. The SMILES string of the molecule is CCOC[C@@H]1CNCc2cn(C)nc21. The Kier molecular flexibility index (Phi) is 2.84. The summed E-state index contributed by atoms with van der Waals surface area (Å²) in [6.07, 6.45) is 2.08. The highest BCUT2D eigenvalue weighted by Gasteiger charge is 2.22. The molecule has 0 unspecified atom stereocenters. The molecule has 0 saturated carbocycles. The standard InChI is InChI=1S/C10H17N3O/c1-3-14-7-9-5-11-4-8-6-13(2)12-10(8)9/h6,9,11H,3-5,7H2,1-2H3/t9-/m0/s1. The van der Waals surface area contributed by atoms with Crippen LogP contribution in [0.2, 0.25) is 0 Å². The molecule has 1 aliphatic heterocycles. The summed E-state index contributed by atoms with van der Waals surface area (Å²) in [4.78, 5) is 0. The van der Waals surface area contributed by atoms with Gasteiger partial charge in [0.25, 0.3) is 0 Å². The largest absolute Gasteiger partial charge is 0.381 e. The van der Waals surface area contributed by atoms with E-state index in [0.29, 0.717) is 5.92 Å². The first-order valence-electron chi connectivity index (χ1n) is 5.12. The molecule has 1 N–H and O–H groups in total. The van der Waals surface area contributed by atoms with Crippen molar-refractivity contribution in [3.8, 4) is 0 Å². The van der Waals surface area contributed by atoms with Gasteiger partial charge in [0, 0.05) is 44.4 Å². The highest BCUT2D eigenvalue weighted by Crippen LogP contribution is 2.22. The van der Waals surface area contributed by atoms with Gasteiger partial charge in [0.15, 0.2) is 0 Å².